The average Bonchev–Trinajstić information content (AvgIpc) is 2.70. The highest BCUT2D eigenvalue weighted by Crippen LogP contribution is 2.30. The fraction of sp³-hybridized carbons (Fsp3) is 0.462. The standard InChI is InChI=1S/C26H34FN3O2/c1-17(2)18(3)30(26(32)20-9-11-22(27)12-10-20)16-21-15-23(13-14-24(21)29(4)5)28-25(31)19-7-6-8-19/h9-15,17-19H,6-8,16H2,1-5H3,(H,28,31). The maximum Gasteiger partial charge on any atom is 0.254 e. The van der Waals surface area contributed by atoms with Crippen molar-refractivity contribution in [1.29, 1.82) is 0 Å². The molecule has 0 saturated heterocycles. The maximum atomic E-state index is 13.4. The van der Waals surface area contributed by atoms with Crippen LogP contribution in [0.4, 0.5) is 15.8 Å². The normalized spacial score (nSPS) is 14.6. The highest BCUT2D eigenvalue weighted by atomic mass is 19.1. The third kappa shape index (κ3) is 5.47. The van der Waals surface area contributed by atoms with E-state index in [0.717, 1.165) is 36.2 Å². The minimum absolute atomic E-state index is 0.0317. The van der Waals surface area contributed by atoms with Crippen molar-refractivity contribution in [3.8, 4) is 0 Å². The number of hydrogen-bond donors (Lipinski definition) is 1. The highest BCUT2D eigenvalue weighted by Gasteiger charge is 2.27. The van der Waals surface area contributed by atoms with Crippen LogP contribution in [0.2, 0.25) is 0 Å². The first-order chi connectivity index (χ1) is 15.2. The summed E-state index contributed by atoms with van der Waals surface area (Å²) in [5.74, 6) is -0.0996. The summed E-state index contributed by atoms with van der Waals surface area (Å²) in [6, 6.07) is 11.5. The van der Waals surface area contributed by atoms with Gasteiger partial charge in [0, 0.05) is 49.5 Å². The number of halogens is 1. The fourth-order valence-corrected chi connectivity index (χ4v) is 3.84. The zero-order chi connectivity index (χ0) is 23.4. The van der Waals surface area contributed by atoms with Crippen LogP contribution in [0, 0.1) is 17.7 Å². The van der Waals surface area contributed by atoms with Crippen LogP contribution in [0.1, 0.15) is 56.0 Å². The molecule has 0 heterocycles. The summed E-state index contributed by atoms with van der Waals surface area (Å²) in [6.07, 6.45) is 3.00. The number of carbonyl (C=O) groups is 2. The van der Waals surface area contributed by atoms with Gasteiger partial charge in [0.05, 0.1) is 0 Å². The van der Waals surface area contributed by atoms with Gasteiger partial charge in [-0.2, -0.15) is 0 Å². The molecule has 1 aliphatic rings. The largest absolute Gasteiger partial charge is 0.377 e. The van der Waals surface area contributed by atoms with E-state index in [0.29, 0.717) is 12.1 Å². The Labute approximate surface area is 190 Å². The number of amides is 2. The van der Waals surface area contributed by atoms with Crippen LogP contribution in [0.5, 0.6) is 0 Å². The Bertz CT molecular complexity index is 952. The van der Waals surface area contributed by atoms with Gasteiger partial charge in [-0.15, -0.1) is 0 Å². The number of nitrogens with zero attached hydrogens (tertiary/aromatic N) is 2. The molecule has 1 aliphatic carbocycles. The van der Waals surface area contributed by atoms with E-state index >= 15 is 0 Å². The zero-order valence-corrected chi connectivity index (χ0v) is 19.7. The molecule has 3 rings (SSSR count). The van der Waals surface area contributed by atoms with Crippen molar-refractivity contribution < 1.29 is 14.0 Å². The van der Waals surface area contributed by atoms with Crippen molar-refractivity contribution in [2.45, 2.75) is 52.6 Å². The molecule has 2 aromatic carbocycles. The van der Waals surface area contributed by atoms with Crippen molar-refractivity contribution in [1.82, 2.24) is 4.90 Å². The number of carbonyl (C=O) groups excluding carboxylic acids is 2. The van der Waals surface area contributed by atoms with Gasteiger partial charge in [-0.25, -0.2) is 4.39 Å². The van der Waals surface area contributed by atoms with Gasteiger partial charge in [0.15, 0.2) is 0 Å². The molecule has 32 heavy (non-hydrogen) atoms. The van der Waals surface area contributed by atoms with Crippen molar-refractivity contribution in [2.75, 3.05) is 24.3 Å². The van der Waals surface area contributed by atoms with E-state index in [4.69, 9.17) is 0 Å². The average molecular weight is 440 g/mol. The lowest BCUT2D eigenvalue weighted by Crippen LogP contribution is -2.41. The number of anilines is 2. The molecular weight excluding hydrogens is 405 g/mol. The summed E-state index contributed by atoms with van der Waals surface area (Å²) in [6.45, 7) is 6.58. The Morgan fingerprint density at radius 1 is 1.06 bits per heavy atom. The van der Waals surface area contributed by atoms with Crippen molar-refractivity contribution >= 4 is 23.2 Å². The number of rotatable bonds is 8. The van der Waals surface area contributed by atoms with E-state index in [-0.39, 0.29) is 35.5 Å². The zero-order valence-electron chi connectivity index (χ0n) is 19.7. The molecule has 5 nitrogen and oxygen atoms in total. The molecule has 1 N–H and O–H groups in total. The topological polar surface area (TPSA) is 52.7 Å². The Hall–Kier alpha value is -2.89. The van der Waals surface area contributed by atoms with Gasteiger partial charge in [-0.05, 0) is 73.7 Å². The summed E-state index contributed by atoms with van der Waals surface area (Å²) < 4.78 is 13.4. The number of benzene rings is 2. The van der Waals surface area contributed by atoms with Crippen molar-refractivity contribution in [3.63, 3.8) is 0 Å². The van der Waals surface area contributed by atoms with Crippen LogP contribution in [0.25, 0.3) is 0 Å². The quantitative estimate of drug-likeness (QED) is 0.606. The number of hydrogen-bond acceptors (Lipinski definition) is 3. The smallest absolute Gasteiger partial charge is 0.254 e. The first kappa shape index (κ1) is 23.8. The molecule has 0 aliphatic heterocycles. The Morgan fingerprint density at radius 3 is 2.25 bits per heavy atom. The monoisotopic (exact) mass is 439 g/mol. The van der Waals surface area contributed by atoms with E-state index in [9.17, 15) is 14.0 Å². The van der Waals surface area contributed by atoms with Crippen LogP contribution in [-0.2, 0) is 11.3 Å². The maximum absolute atomic E-state index is 13.4. The van der Waals surface area contributed by atoms with E-state index in [1.807, 2.05) is 49.0 Å². The third-order valence-electron chi connectivity index (χ3n) is 6.45. The molecule has 1 fully saturated rings. The van der Waals surface area contributed by atoms with Crippen LogP contribution in [-0.4, -0.2) is 36.9 Å². The third-order valence-corrected chi connectivity index (χ3v) is 6.45. The summed E-state index contributed by atoms with van der Waals surface area (Å²) in [7, 11) is 3.92. The second-order valence-corrected chi connectivity index (χ2v) is 9.28. The molecule has 6 heteroatoms. The van der Waals surface area contributed by atoms with Crippen LogP contribution >= 0.6 is 0 Å². The Kier molecular flexibility index (Phi) is 7.54. The molecular formula is C26H34FN3O2. The fourth-order valence-electron chi connectivity index (χ4n) is 3.84. The second-order valence-electron chi connectivity index (χ2n) is 9.28. The molecule has 1 unspecified atom stereocenters. The van der Waals surface area contributed by atoms with Gasteiger partial charge >= 0.3 is 0 Å². The summed E-state index contributed by atoms with van der Waals surface area (Å²) >= 11 is 0. The summed E-state index contributed by atoms with van der Waals surface area (Å²) in [5, 5.41) is 3.04. The van der Waals surface area contributed by atoms with Crippen LogP contribution < -0.4 is 10.2 Å². The van der Waals surface area contributed by atoms with Crippen molar-refractivity contribution in [3.05, 3.63) is 59.4 Å². The molecule has 0 radical (unpaired) electrons. The molecule has 1 saturated carbocycles. The molecule has 172 valence electrons. The lowest BCUT2D eigenvalue weighted by atomic mass is 9.85. The number of nitrogens with one attached hydrogen (secondary N) is 1. The van der Waals surface area contributed by atoms with Gasteiger partial charge in [-0.3, -0.25) is 9.59 Å². The van der Waals surface area contributed by atoms with Gasteiger partial charge in [-0.1, -0.05) is 20.3 Å². The van der Waals surface area contributed by atoms with Gasteiger partial charge in [0.25, 0.3) is 5.91 Å². The SMILES string of the molecule is CC(C)C(C)N(Cc1cc(NC(=O)C2CCC2)ccc1N(C)C)C(=O)c1ccc(F)cc1. The summed E-state index contributed by atoms with van der Waals surface area (Å²) in [5.41, 5.74) is 3.14. The Morgan fingerprint density at radius 2 is 1.72 bits per heavy atom. The first-order valence-electron chi connectivity index (χ1n) is 11.3. The lowest BCUT2D eigenvalue weighted by Gasteiger charge is -2.33. The highest BCUT2D eigenvalue weighted by molar-refractivity contribution is 5.95. The first-order valence-corrected chi connectivity index (χ1v) is 11.3. The van der Waals surface area contributed by atoms with Gasteiger partial charge in [0.2, 0.25) is 5.91 Å². The molecule has 2 amide bonds. The van der Waals surface area contributed by atoms with E-state index < -0.39 is 0 Å². The second kappa shape index (κ2) is 10.2. The predicted octanol–water partition coefficient (Wildman–Crippen LogP) is 5.32. The minimum Gasteiger partial charge on any atom is -0.377 e. The van der Waals surface area contributed by atoms with Crippen LogP contribution in [0.3, 0.4) is 0 Å². The van der Waals surface area contributed by atoms with Gasteiger partial charge in [0.1, 0.15) is 5.82 Å². The molecule has 2 aromatic rings. The molecule has 0 spiro atoms. The van der Waals surface area contributed by atoms with E-state index in [1.54, 1.807) is 0 Å². The molecule has 1 atom stereocenters. The predicted molar refractivity (Wildman–Crippen MR) is 127 cm³/mol. The minimum atomic E-state index is -0.366. The molecule has 0 aromatic heterocycles. The van der Waals surface area contributed by atoms with Crippen molar-refractivity contribution in [2.24, 2.45) is 11.8 Å². The van der Waals surface area contributed by atoms with E-state index in [2.05, 4.69) is 19.2 Å². The van der Waals surface area contributed by atoms with Crippen LogP contribution in [0.15, 0.2) is 42.5 Å². The molecule has 0 bridgehead atoms. The lowest BCUT2D eigenvalue weighted by molar-refractivity contribution is -0.122. The Balaban J connectivity index is 1.92. The summed E-state index contributed by atoms with van der Waals surface area (Å²) in [4.78, 5) is 29.7. The van der Waals surface area contributed by atoms with Gasteiger partial charge < -0.3 is 15.1 Å². The van der Waals surface area contributed by atoms with E-state index in [1.165, 1.54) is 24.3 Å².